The minimum atomic E-state index is -0.606. The van der Waals surface area contributed by atoms with Gasteiger partial charge in [-0.05, 0) is 37.1 Å². The first-order valence-electron chi connectivity index (χ1n) is 6.52. The molecule has 0 radical (unpaired) electrons. The quantitative estimate of drug-likeness (QED) is 0.796. The van der Waals surface area contributed by atoms with Crippen molar-refractivity contribution in [3.63, 3.8) is 0 Å². The smallest absolute Gasteiger partial charge is 0.346 e. The summed E-state index contributed by atoms with van der Waals surface area (Å²) >= 11 is 0. The molecule has 0 aliphatic heterocycles. The fraction of sp³-hybridized carbons (Fsp3) is 0.235. The summed E-state index contributed by atoms with van der Waals surface area (Å²) in [6.07, 6.45) is -0.606. The van der Waals surface area contributed by atoms with E-state index in [0.29, 0.717) is 5.75 Å². The van der Waals surface area contributed by atoms with E-state index in [9.17, 15) is 4.79 Å². The Morgan fingerprint density at radius 3 is 1.95 bits per heavy atom. The van der Waals surface area contributed by atoms with Crippen LogP contribution >= 0.6 is 0 Å². The van der Waals surface area contributed by atoms with E-state index >= 15 is 0 Å². The molecule has 1 atom stereocenters. The van der Waals surface area contributed by atoms with E-state index in [2.05, 4.69) is 35.9 Å². The zero-order chi connectivity index (χ0) is 14.5. The molecule has 3 nitrogen and oxygen atoms in total. The largest absolute Gasteiger partial charge is 0.479 e. The first-order chi connectivity index (χ1) is 9.60. The van der Waals surface area contributed by atoms with Crippen molar-refractivity contribution in [1.82, 2.24) is 0 Å². The fourth-order valence-corrected chi connectivity index (χ4v) is 1.89. The maximum absolute atomic E-state index is 11.3. The Morgan fingerprint density at radius 1 is 0.950 bits per heavy atom. The van der Waals surface area contributed by atoms with E-state index in [1.54, 1.807) is 6.92 Å². The van der Waals surface area contributed by atoms with Gasteiger partial charge in [-0.25, -0.2) is 4.79 Å². The number of esters is 1. The van der Waals surface area contributed by atoms with E-state index < -0.39 is 6.10 Å². The predicted molar refractivity (Wildman–Crippen MR) is 78.7 cm³/mol. The van der Waals surface area contributed by atoms with Gasteiger partial charge in [0.25, 0.3) is 0 Å². The van der Waals surface area contributed by atoms with Gasteiger partial charge in [-0.1, -0.05) is 42.0 Å². The second-order valence-electron chi connectivity index (χ2n) is 4.67. The molecular formula is C17H18O3. The molecule has 0 saturated heterocycles. The molecule has 0 aromatic heterocycles. The molecule has 2 aromatic carbocycles. The van der Waals surface area contributed by atoms with Crippen molar-refractivity contribution in [1.29, 1.82) is 0 Å². The number of aryl methyl sites for hydroxylation is 1. The molecule has 0 aliphatic rings. The van der Waals surface area contributed by atoms with Crippen LogP contribution in [0.5, 0.6) is 5.75 Å². The van der Waals surface area contributed by atoms with Gasteiger partial charge in [-0.15, -0.1) is 0 Å². The third kappa shape index (κ3) is 3.38. The van der Waals surface area contributed by atoms with Crippen LogP contribution in [0.4, 0.5) is 0 Å². The van der Waals surface area contributed by atoms with Crippen LogP contribution in [-0.4, -0.2) is 19.2 Å². The zero-order valence-electron chi connectivity index (χ0n) is 11.9. The van der Waals surface area contributed by atoms with Crippen molar-refractivity contribution in [2.75, 3.05) is 7.11 Å². The summed E-state index contributed by atoms with van der Waals surface area (Å²) in [6, 6.07) is 16.0. The summed E-state index contributed by atoms with van der Waals surface area (Å²) < 4.78 is 10.1. The van der Waals surface area contributed by atoms with Gasteiger partial charge in [-0.3, -0.25) is 0 Å². The first kappa shape index (κ1) is 14.1. The number of hydrogen-bond donors (Lipinski definition) is 0. The highest BCUT2D eigenvalue weighted by Crippen LogP contribution is 2.23. The summed E-state index contributed by atoms with van der Waals surface area (Å²) in [5, 5.41) is 0. The van der Waals surface area contributed by atoms with Crippen molar-refractivity contribution >= 4 is 5.97 Å². The van der Waals surface area contributed by atoms with Crippen LogP contribution in [0.1, 0.15) is 12.5 Å². The van der Waals surface area contributed by atoms with Crippen LogP contribution in [-0.2, 0) is 9.53 Å². The predicted octanol–water partition coefficient (Wildman–Crippen LogP) is 3.60. The Balaban J connectivity index is 2.10. The van der Waals surface area contributed by atoms with E-state index in [-0.39, 0.29) is 5.97 Å². The Kier molecular flexibility index (Phi) is 4.41. The highest BCUT2D eigenvalue weighted by Gasteiger charge is 2.14. The molecule has 0 amide bonds. The lowest BCUT2D eigenvalue weighted by molar-refractivity contribution is -0.147. The van der Waals surface area contributed by atoms with E-state index in [4.69, 9.17) is 4.74 Å². The van der Waals surface area contributed by atoms with E-state index in [1.807, 2.05) is 24.3 Å². The minimum absolute atomic E-state index is 0.382. The summed E-state index contributed by atoms with van der Waals surface area (Å²) in [5.41, 5.74) is 3.51. The molecule has 0 spiro atoms. The lowest BCUT2D eigenvalue weighted by Gasteiger charge is -2.12. The maximum atomic E-state index is 11.3. The molecule has 0 saturated carbocycles. The van der Waals surface area contributed by atoms with E-state index in [1.165, 1.54) is 12.7 Å². The number of rotatable bonds is 4. The zero-order valence-corrected chi connectivity index (χ0v) is 11.9. The molecule has 0 aliphatic carbocycles. The van der Waals surface area contributed by atoms with Crippen LogP contribution < -0.4 is 4.74 Å². The minimum Gasteiger partial charge on any atom is -0.479 e. The summed E-state index contributed by atoms with van der Waals surface area (Å²) in [6.45, 7) is 3.73. The molecule has 2 rings (SSSR count). The average Bonchev–Trinajstić information content (AvgIpc) is 2.48. The van der Waals surface area contributed by atoms with Gasteiger partial charge in [0.15, 0.2) is 6.10 Å². The summed E-state index contributed by atoms with van der Waals surface area (Å²) in [7, 11) is 1.35. The molecule has 0 fully saturated rings. The molecule has 2 aromatic rings. The molecule has 0 bridgehead atoms. The molecule has 3 heteroatoms. The highest BCUT2D eigenvalue weighted by molar-refractivity contribution is 5.74. The van der Waals surface area contributed by atoms with Crippen molar-refractivity contribution < 1.29 is 14.3 Å². The molecule has 0 N–H and O–H groups in total. The van der Waals surface area contributed by atoms with Crippen LogP contribution in [0.2, 0.25) is 0 Å². The van der Waals surface area contributed by atoms with Gasteiger partial charge in [0, 0.05) is 0 Å². The van der Waals surface area contributed by atoms with Crippen LogP contribution in [0.25, 0.3) is 11.1 Å². The number of benzene rings is 2. The number of methoxy groups -OCH3 is 1. The van der Waals surface area contributed by atoms with E-state index in [0.717, 1.165) is 11.1 Å². The fourth-order valence-electron chi connectivity index (χ4n) is 1.89. The van der Waals surface area contributed by atoms with Gasteiger partial charge < -0.3 is 9.47 Å². The SMILES string of the molecule is COC(=O)[C@H](C)Oc1ccc(-c2ccc(C)cc2)cc1. The summed E-state index contributed by atoms with van der Waals surface area (Å²) in [5.74, 6) is 0.270. The molecular weight excluding hydrogens is 252 g/mol. The van der Waals surface area contributed by atoms with Gasteiger partial charge in [0.1, 0.15) is 5.75 Å². The van der Waals surface area contributed by atoms with Gasteiger partial charge in [0.2, 0.25) is 0 Å². The topological polar surface area (TPSA) is 35.5 Å². The van der Waals surface area contributed by atoms with Crippen molar-refractivity contribution in [3.05, 3.63) is 54.1 Å². The Bertz CT molecular complexity index is 570. The number of carbonyl (C=O) groups excluding carboxylic acids is 1. The van der Waals surface area contributed by atoms with Gasteiger partial charge in [0.05, 0.1) is 7.11 Å². The van der Waals surface area contributed by atoms with Gasteiger partial charge >= 0.3 is 5.97 Å². The second-order valence-corrected chi connectivity index (χ2v) is 4.67. The standard InChI is InChI=1S/C17H18O3/c1-12-4-6-14(7-5-12)15-8-10-16(11-9-15)20-13(2)17(18)19-3/h4-11,13H,1-3H3/t13-/m0/s1. The highest BCUT2D eigenvalue weighted by atomic mass is 16.6. The van der Waals surface area contributed by atoms with Crippen LogP contribution in [0, 0.1) is 6.92 Å². The van der Waals surface area contributed by atoms with Crippen molar-refractivity contribution in [3.8, 4) is 16.9 Å². The number of ether oxygens (including phenoxy) is 2. The second kappa shape index (κ2) is 6.24. The van der Waals surface area contributed by atoms with Crippen molar-refractivity contribution in [2.45, 2.75) is 20.0 Å². The molecule has 0 unspecified atom stereocenters. The first-order valence-corrected chi connectivity index (χ1v) is 6.52. The lowest BCUT2D eigenvalue weighted by Crippen LogP contribution is -2.24. The number of hydrogen-bond acceptors (Lipinski definition) is 3. The van der Waals surface area contributed by atoms with Crippen LogP contribution in [0.15, 0.2) is 48.5 Å². The Labute approximate surface area is 119 Å². The molecule has 20 heavy (non-hydrogen) atoms. The molecule has 0 heterocycles. The molecule has 104 valence electrons. The Hall–Kier alpha value is -2.29. The third-order valence-corrected chi connectivity index (χ3v) is 3.09. The normalized spacial score (nSPS) is 11.8. The monoisotopic (exact) mass is 270 g/mol. The van der Waals surface area contributed by atoms with Crippen LogP contribution in [0.3, 0.4) is 0 Å². The third-order valence-electron chi connectivity index (χ3n) is 3.09. The average molecular weight is 270 g/mol. The maximum Gasteiger partial charge on any atom is 0.346 e. The lowest BCUT2D eigenvalue weighted by atomic mass is 10.0. The number of carbonyl (C=O) groups is 1. The summed E-state index contributed by atoms with van der Waals surface area (Å²) in [4.78, 5) is 11.3. The Morgan fingerprint density at radius 2 is 1.45 bits per heavy atom. The van der Waals surface area contributed by atoms with Crippen molar-refractivity contribution in [2.24, 2.45) is 0 Å². The van der Waals surface area contributed by atoms with Gasteiger partial charge in [-0.2, -0.15) is 0 Å².